The molecule has 0 amide bonds. The van der Waals surface area contributed by atoms with Crippen molar-refractivity contribution in [2.45, 2.75) is 32.1 Å². The highest BCUT2D eigenvalue weighted by Gasteiger charge is 2.35. The van der Waals surface area contributed by atoms with Crippen LogP contribution in [0.5, 0.6) is 0 Å². The van der Waals surface area contributed by atoms with E-state index in [0.29, 0.717) is 27.0 Å². The lowest BCUT2D eigenvalue weighted by molar-refractivity contribution is -0.672. The van der Waals surface area contributed by atoms with Crippen LogP contribution in [0.15, 0.2) is 70.0 Å². The smallest absolute Gasteiger partial charge is 0.397 e. The summed E-state index contributed by atoms with van der Waals surface area (Å²) in [4.78, 5) is 31.9. The van der Waals surface area contributed by atoms with Crippen molar-refractivity contribution in [3.63, 3.8) is 0 Å². The average Bonchev–Trinajstić information content (AvgIpc) is 3.42. The molecule has 3 heterocycles. The molecule has 0 saturated heterocycles. The molecule has 8 heteroatoms. The summed E-state index contributed by atoms with van der Waals surface area (Å²) in [6.07, 6.45) is 2.79. The second-order valence-electron chi connectivity index (χ2n) is 8.97. The van der Waals surface area contributed by atoms with Crippen molar-refractivity contribution in [3.05, 3.63) is 104 Å². The molecule has 174 valence electrons. The van der Waals surface area contributed by atoms with Gasteiger partial charge in [0, 0.05) is 23.2 Å². The summed E-state index contributed by atoms with van der Waals surface area (Å²) < 4.78 is 6.34. The van der Waals surface area contributed by atoms with Crippen LogP contribution in [-0.2, 0) is 12.8 Å². The van der Waals surface area contributed by atoms with Gasteiger partial charge >= 0.3 is 11.3 Å². The summed E-state index contributed by atoms with van der Waals surface area (Å²) in [5.41, 5.74) is 11.2. The van der Waals surface area contributed by atoms with E-state index >= 15 is 0 Å². The largest absolute Gasteiger partial charge is 0.439 e. The first-order valence-electron chi connectivity index (χ1n) is 11.5. The molecule has 0 spiro atoms. The van der Waals surface area contributed by atoms with Crippen LogP contribution in [0.4, 0.5) is 5.69 Å². The van der Waals surface area contributed by atoms with E-state index in [9.17, 15) is 9.59 Å². The van der Waals surface area contributed by atoms with E-state index in [-0.39, 0.29) is 5.69 Å². The van der Waals surface area contributed by atoms with Crippen molar-refractivity contribution >= 4 is 33.0 Å². The Labute approximate surface area is 204 Å². The van der Waals surface area contributed by atoms with E-state index in [1.54, 1.807) is 0 Å². The first-order chi connectivity index (χ1) is 17.0. The maximum absolute atomic E-state index is 13.5. The Bertz CT molecular complexity index is 1630. The van der Waals surface area contributed by atoms with Crippen molar-refractivity contribution in [1.82, 2.24) is 10.3 Å². The molecule has 1 aliphatic rings. The molecule has 1 aliphatic carbocycles. The number of nitrogen functional groups attached to an aromatic ring is 1. The molecule has 1 atom stereocenters. The predicted octanol–water partition coefficient (Wildman–Crippen LogP) is 4.25. The number of nitrogens with two attached hydrogens (primary N) is 1. The Morgan fingerprint density at radius 3 is 2.71 bits per heavy atom. The molecular weight excluding hydrogens is 460 g/mol. The number of nitrogens with one attached hydrogen (secondary N) is 1. The summed E-state index contributed by atoms with van der Waals surface area (Å²) in [7, 11) is 0. The zero-order valence-corrected chi connectivity index (χ0v) is 19.9. The van der Waals surface area contributed by atoms with Gasteiger partial charge in [-0.3, -0.25) is 9.32 Å². The van der Waals surface area contributed by atoms with E-state index in [1.165, 1.54) is 21.6 Å². The summed E-state index contributed by atoms with van der Waals surface area (Å²) >= 11 is 1.22. The second kappa shape index (κ2) is 8.32. The van der Waals surface area contributed by atoms with Crippen molar-refractivity contribution < 1.29 is 14.0 Å². The van der Waals surface area contributed by atoms with Crippen LogP contribution in [0.3, 0.4) is 0 Å². The average molecular weight is 484 g/mol. The van der Waals surface area contributed by atoms with Gasteiger partial charge in [0.05, 0.1) is 5.69 Å². The van der Waals surface area contributed by atoms with E-state index in [4.69, 9.17) is 15.2 Å². The number of hydrogen-bond donors (Lipinski definition) is 2. The molecule has 0 saturated carbocycles. The van der Waals surface area contributed by atoms with E-state index in [0.717, 1.165) is 41.5 Å². The van der Waals surface area contributed by atoms with Crippen LogP contribution in [-0.4, -0.2) is 16.0 Å². The van der Waals surface area contributed by atoms with E-state index in [1.807, 2.05) is 37.3 Å². The Kier molecular flexibility index (Phi) is 5.11. The van der Waals surface area contributed by atoms with Gasteiger partial charge in [-0.25, -0.2) is 9.78 Å². The van der Waals surface area contributed by atoms with Gasteiger partial charge < -0.3 is 5.73 Å². The van der Waals surface area contributed by atoms with Crippen LogP contribution in [0.1, 0.15) is 50.1 Å². The molecule has 7 nitrogen and oxygen atoms in total. The van der Waals surface area contributed by atoms with Gasteiger partial charge in [-0.1, -0.05) is 48.0 Å². The Morgan fingerprint density at radius 1 is 1.17 bits per heavy atom. The lowest BCUT2D eigenvalue weighted by atomic mass is 9.82. The van der Waals surface area contributed by atoms with Crippen LogP contribution in [0, 0.1) is 6.92 Å². The molecule has 3 N–H and O–H groups in total. The van der Waals surface area contributed by atoms with Crippen LogP contribution < -0.4 is 16.0 Å². The Balaban J connectivity index is 1.39. The standard InChI is InChI=1S/C27H22N4O3S/c1-15-7-10-19(11-8-15)31-23(27(33)34-30-31)24(32)25-22(28)20-14-18-13-17(16-5-3-2-4-6-16)9-12-21(18)29-26(20)35-25/h2-8,10-11,14,17H,9,12-13H2,1H3,(H2-,28,30,32,33)/p+1. The number of fused-ring (bicyclic) bond motifs is 2. The highest BCUT2D eigenvalue weighted by Crippen LogP contribution is 2.38. The molecule has 5 aromatic rings. The molecule has 0 bridgehead atoms. The van der Waals surface area contributed by atoms with E-state index in [2.05, 4.69) is 35.6 Å². The van der Waals surface area contributed by atoms with E-state index < -0.39 is 11.4 Å². The topological polar surface area (TPSA) is 106 Å². The zero-order chi connectivity index (χ0) is 24.1. The molecule has 0 radical (unpaired) electrons. The number of carbonyl (C=O) groups excluding carboxylic acids is 1. The minimum Gasteiger partial charge on any atom is -0.397 e. The van der Waals surface area contributed by atoms with Crippen molar-refractivity contribution in [1.29, 1.82) is 0 Å². The Hall–Kier alpha value is -4.04. The minimum absolute atomic E-state index is 0.124. The molecule has 1 unspecified atom stereocenters. The quantitative estimate of drug-likeness (QED) is 0.294. The number of thiophene rings is 1. The van der Waals surface area contributed by atoms with Crippen LogP contribution >= 0.6 is 11.3 Å². The number of H-pyrrole nitrogens is 1. The minimum atomic E-state index is -0.745. The predicted molar refractivity (Wildman–Crippen MR) is 134 cm³/mol. The summed E-state index contributed by atoms with van der Waals surface area (Å²) in [6.45, 7) is 1.96. The maximum Gasteiger partial charge on any atom is 0.439 e. The number of benzene rings is 2. The molecule has 6 rings (SSSR count). The van der Waals surface area contributed by atoms with Gasteiger partial charge in [-0.15, -0.1) is 11.3 Å². The number of anilines is 1. The first-order valence-corrected chi connectivity index (χ1v) is 12.3. The third kappa shape index (κ3) is 3.66. The molecule has 0 fully saturated rings. The number of nitrogens with zero attached hydrogens (tertiary/aromatic N) is 2. The van der Waals surface area contributed by atoms with Crippen LogP contribution in [0.25, 0.3) is 15.9 Å². The third-order valence-corrected chi connectivity index (χ3v) is 7.83. The number of pyridine rings is 1. The number of carbonyl (C=O) groups is 1. The van der Waals surface area contributed by atoms with Gasteiger partial charge in [-0.2, -0.15) is 0 Å². The number of hydrogen-bond acceptors (Lipinski definition) is 6. The molecule has 35 heavy (non-hydrogen) atoms. The van der Waals surface area contributed by atoms with Gasteiger partial charge in [0.2, 0.25) is 5.69 Å². The number of ketones is 1. The summed E-state index contributed by atoms with van der Waals surface area (Å²) in [6, 6.07) is 20.0. The monoisotopic (exact) mass is 483 g/mol. The fourth-order valence-electron chi connectivity index (χ4n) is 4.82. The second-order valence-corrected chi connectivity index (χ2v) is 9.97. The molecule has 2 aromatic carbocycles. The molecule has 3 aromatic heterocycles. The number of aromatic nitrogens is 3. The van der Waals surface area contributed by atoms with Crippen molar-refractivity contribution in [3.8, 4) is 5.69 Å². The van der Waals surface area contributed by atoms with Crippen molar-refractivity contribution in [2.24, 2.45) is 0 Å². The van der Waals surface area contributed by atoms with Crippen molar-refractivity contribution in [2.75, 3.05) is 5.73 Å². The third-order valence-electron chi connectivity index (χ3n) is 6.72. The highest BCUT2D eigenvalue weighted by molar-refractivity contribution is 7.21. The lowest BCUT2D eigenvalue weighted by Gasteiger charge is -2.24. The highest BCUT2D eigenvalue weighted by atomic mass is 32.1. The van der Waals surface area contributed by atoms with Gasteiger partial charge in [0.15, 0.2) is 0 Å². The SMILES string of the molecule is Cc1ccc(-[n+]2[nH]oc(=O)c2C(=O)c2sc3nc4c(cc3c2N)CC(c2ccccc2)CC4)cc1. The maximum atomic E-state index is 13.5. The Morgan fingerprint density at radius 2 is 1.94 bits per heavy atom. The first kappa shape index (κ1) is 21.5. The fraction of sp³-hybridized carbons (Fsp3) is 0.185. The molecule has 0 aliphatic heterocycles. The summed E-state index contributed by atoms with van der Waals surface area (Å²) in [5.74, 6) is -0.0527. The van der Waals surface area contributed by atoms with Gasteiger partial charge in [0.1, 0.15) is 9.71 Å². The number of rotatable bonds is 4. The number of aromatic amines is 1. The lowest BCUT2D eigenvalue weighted by Crippen LogP contribution is -2.41. The van der Waals surface area contributed by atoms with Gasteiger partial charge in [0.25, 0.3) is 5.78 Å². The normalized spacial score (nSPS) is 15.3. The number of aryl methyl sites for hydroxylation is 2. The van der Waals surface area contributed by atoms with Crippen LogP contribution in [0.2, 0.25) is 0 Å². The molecular formula is C27H23N4O3S+. The zero-order valence-electron chi connectivity index (χ0n) is 19.1. The summed E-state index contributed by atoms with van der Waals surface area (Å²) in [5, 5.41) is 3.29. The van der Waals surface area contributed by atoms with Gasteiger partial charge in [-0.05, 0) is 59.3 Å². The fourth-order valence-corrected chi connectivity index (χ4v) is 5.86.